The maximum Gasteiger partial charge on any atom is 0.513 e. The molecule has 2 heterocycles. The Labute approximate surface area is 114 Å². The topological polar surface area (TPSA) is 106 Å². The van der Waals surface area contributed by atoms with E-state index in [0.29, 0.717) is 12.0 Å². The molecule has 0 amide bonds. The Morgan fingerprint density at radius 2 is 2.20 bits per heavy atom. The van der Waals surface area contributed by atoms with Crippen LogP contribution in [0.25, 0.3) is 5.65 Å². The van der Waals surface area contributed by atoms with E-state index in [9.17, 15) is 15.0 Å². The van der Waals surface area contributed by atoms with Gasteiger partial charge in [0.25, 0.3) is 0 Å². The number of ether oxygens (including phenoxy) is 2. The summed E-state index contributed by atoms with van der Waals surface area (Å²) in [5, 5.41) is 24.0. The summed E-state index contributed by atoms with van der Waals surface area (Å²) < 4.78 is 10.3. The minimum absolute atomic E-state index is 0.0156. The molecule has 0 saturated carbocycles. The Morgan fingerprint density at radius 3 is 2.80 bits per heavy atom. The molecule has 0 aliphatic rings. The molecular formula is C12H15N3O5. The van der Waals surface area contributed by atoms with Crippen LogP contribution in [0.2, 0.25) is 0 Å². The molecule has 0 aliphatic carbocycles. The smallest absolute Gasteiger partial charge is 0.493 e. The van der Waals surface area contributed by atoms with E-state index in [4.69, 9.17) is 4.74 Å². The standard InChI is InChI=1S/C12H15N3O5/c1-4-6(2)8-10(16)14-9-7(20-12(18)19-3)5-13-15(9)11(8)17/h5-6,17H,4H2,1-3H3,(H,14,16). The van der Waals surface area contributed by atoms with Crippen molar-refractivity contribution in [2.24, 2.45) is 0 Å². The van der Waals surface area contributed by atoms with Gasteiger partial charge in [0, 0.05) is 0 Å². The number of hydrogen-bond donors (Lipinski definition) is 2. The number of carbonyl (C=O) groups is 1. The van der Waals surface area contributed by atoms with Crippen LogP contribution in [0.1, 0.15) is 31.7 Å². The molecule has 0 bridgehead atoms. The number of carbonyl (C=O) groups excluding carboxylic acids is 1. The largest absolute Gasteiger partial charge is 0.513 e. The van der Waals surface area contributed by atoms with Gasteiger partial charge >= 0.3 is 6.16 Å². The lowest BCUT2D eigenvalue weighted by Gasteiger charge is -2.13. The van der Waals surface area contributed by atoms with Crippen LogP contribution < -0.4 is 4.74 Å². The highest BCUT2D eigenvalue weighted by molar-refractivity contribution is 5.68. The predicted molar refractivity (Wildman–Crippen MR) is 68.1 cm³/mol. The Kier molecular flexibility index (Phi) is 3.64. The van der Waals surface area contributed by atoms with E-state index >= 15 is 0 Å². The molecule has 1 atom stereocenters. The van der Waals surface area contributed by atoms with E-state index < -0.39 is 6.16 Å². The molecular weight excluding hydrogens is 266 g/mol. The van der Waals surface area contributed by atoms with Crippen LogP contribution in [0, 0.1) is 0 Å². The van der Waals surface area contributed by atoms with Gasteiger partial charge in [-0.05, 0) is 12.3 Å². The molecule has 2 aromatic heterocycles. The van der Waals surface area contributed by atoms with Gasteiger partial charge in [-0.1, -0.05) is 13.8 Å². The summed E-state index contributed by atoms with van der Waals surface area (Å²) >= 11 is 0. The predicted octanol–water partition coefficient (Wildman–Crippen LogP) is 1.80. The van der Waals surface area contributed by atoms with E-state index in [1.807, 2.05) is 13.8 Å². The van der Waals surface area contributed by atoms with Crippen molar-refractivity contribution in [2.75, 3.05) is 7.11 Å². The van der Waals surface area contributed by atoms with Crippen molar-refractivity contribution in [2.45, 2.75) is 26.2 Å². The maximum absolute atomic E-state index is 11.1. The Hall–Kier alpha value is -2.51. The molecule has 8 heteroatoms. The zero-order valence-corrected chi connectivity index (χ0v) is 11.3. The van der Waals surface area contributed by atoms with Crippen LogP contribution in [0.3, 0.4) is 0 Å². The van der Waals surface area contributed by atoms with Gasteiger partial charge in [-0.15, -0.1) is 0 Å². The maximum atomic E-state index is 11.1. The second-order valence-electron chi connectivity index (χ2n) is 4.28. The molecule has 20 heavy (non-hydrogen) atoms. The highest BCUT2D eigenvalue weighted by Gasteiger charge is 2.22. The molecule has 8 nitrogen and oxygen atoms in total. The first kappa shape index (κ1) is 13.9. The van der Waals surface area contributed by atoms with Gasteiger partial charge < -0.3 is 19.7 Å². The minimum Gasteiger partial charge on any atom is -0.493 e. The van der Waals surface area contributed by atoms with E-state index in [0.717, 1.165) is 11.6 Å². The molecule has 108 valence electrons. The average Bonchev–Trinajstić information content (AvgIpc) is 2.81. The van der Waals surface area contributed by atoms with E-state index in [1.165, 1.54) is 6.20 Å². The van der Waals surface area contributed by atoms with Crippen molar-refractivity contribution < 1.29 is 24.5 Å². The second-order valence-corrected chi connectivity index (χ2v) is 4.28. The summed E-state index contributed by atoms with van der Waals surface area (Å²) in [6, 6.07) is 0. The van der Waals surface area contributed by atoms with E-state index in [2.05, 4.69) is 14.8 Å². The zero-order chi connectivity index (χ0) is 14.9. The third-order valence-electron chi connectivity index (χ3n) is 3.07. The monoisotopic (exact) mass is 281 g/mol. The molecule has 0 saturated heterocycles. The number of aromatic hydroxyl groups is 2. The summed E-state index contributed by atoms with van der Waals surface area (Å²) in [5.74, 6) is -0.666. The van der Waals surface area contributed by atoms with Crippen LogP contribution in [0.15, 0.2) is 6.20 Å². The van der Waals surface area contributed by atoms with Crippen molar-refractivity contribution >= 4 is 11.8 Å². The normalized spacial score (nSPS) is 12.3. The Morgan fingerprint density at radius 1 is 1.50 bits per heavy atom. The summed E-state index contributed by atoms with van der Waals surface area (Å²) in [6.45, 7) is 3.76. The first-order valence-electron chi connectivity index (χ1n) is 6.04. The van der Waals surface area contributed by atoms with Gasteiger partial charge in [-0.25, -0.2) is 4.79 Å². The number of fused-ring (bicyclic) bond motifs is 1. The molecule has 0 aliphatic heterocycles. The van der Waals surface area contributed by atoms with Gasteiger partial charge in [0.2, 0.25) is 17.4 Å². The zero-order valence-electron chi connectivity index (χ0n) is 11.3. The lowest BCUT2D eigenvalue weighted by molar-refractivity contribution is 0.122. The molecule has 2 N–H and O–H groups in total. The summed E-state index contributed by atoms with van der Waals surface area (Å²) in [6.07, 6.45) is 0.978. The fraction of sp³-hybridized carbons (Fsp3) is 0.417. The fourth-order valence-electron chi connectivity index (χ4n) is 1.81. The van der Waals surface area contributed by atoms with Crippen LogP contribution in [-0.2, 0) is 4.74 Å². The number of aromatic nitrogens is 3. The molecule has 1 unspecified atom stereocenters. The molecule has 0 spiro atoms. The number of rotatable bonds is 3. The van der Waals surface area contributed by atoms with Gasteiger partial charge in [0.1, 0.15) is 0 Å². The Bertz CT molecular complexity index is 652. The minimum atomic E-state index is -0.938. The second kappa shape index (κ2) is 5.24. The fourth-order valence-corrected chi connectivity index (χ4v) is 1.81. The lowest BCUT2D eigenvalue weighted by atomic mass is 10.0. The quantitative estimate of drug-likeness (QED) is 0.826. The summed E-state index contributed by atoms with van der Waals surface area (Å²) in [4.78, 5) is 15.0. The van der Waals surface area contributed by atoms with Crippen LogP contribution in [0.5, 0.6) is 17.5 Å². The SMILES string of the molecule is CCC(C)c1c(O)nc2c(OC(=O)OC)cnn2c1O. The van der Waals surface area contributed by atoms with Crippen molar-refractivity contribution in [3.05, 3.63) is 11.8 Å². The first-order chi connectivity index (χ1) is 9.49. The molecule has 0 aromatic carbocycles. The van der Waals surface area contributed by atoms with Crippen molar-refractivity contribution in [3.63, 3.8) is 0 Å². The first-order valence-corrected chi connectivity index (χ1v) is 6.04. The van der Waals surface area contributed by atoms with Crippen molar-refractivity contribution in [3.8, 4) is 17.5 Å². The average molecular weight is 281 g/mol. The van der Waals surface area contributed by atoms with Gasteiger partial charge in [0.15, 0.2) is 5.75 Å². The van der Waals surface area contributed by atoms with Crippen LogP contribution in [-0.4, -0.2) is 38.1 Å². The summed E-state index contributed by atoms with van der Waals surface area (Å²) in [7, 11) is 1.16. The Balaban J connectivity index is 2.57. The summed E-state index contributed by atoms with van der Waals surface area (Å²) in [5.41, 5.74) is 0.324. The van der Waals surface area contributed by atoms with Gasteiger partial charge in [0.05, 0.1) is 18.9 Å². The molecule has 2 aromatic rings. The number of nitrogens with zero attached hydrogens (tertiary/aromatic N) is 3. The van der Waals surface area contributed by atoms with Gasteiger partial charge in [-0.2, -0.15) is 14.6 Å². The number of methoxy groups -OCH3 is 1. The van der Waals surface area contributed by atoms with Crippen molar-refractivity contribution in [1.29, 1.82) is 0 Å². The lowest BCUT2D eigenvalue weighted by Crippen LogP contribution is -2.07. The third-order valence-corrected chi connectivity index (χ3v) is 3.07. The third kappa shape index (κ3) is 2.20. The van der Waals surface area contributed by atoms with Crippen molar-refractivity contribution in [1.82, 2.24) is 14.6 Å². The molecule has 0 fully saturated rings. The highest BCUT2D eigenvalue weighted by Crippen LogP contribution is 2.36. The highest BCUT2D eigenvalue weighted by atomic mass is 16.7. The molecule has 2 rings (SSSR count). The van der Waals surface area contributed by atoms with E-state index in [-0.39, 0.29) is 29.1 Å². The van der Waals surface area contributed by atoms with E-state index in [1.54, 1.807) is 0 Å². The van der Waals surface area contributed by atoms with Gasteiger partial charge in [-0.3, -0.25) is 0 Å². The number of hydrogen-bond acceptors (Lipinski definition) is 7. The molecule has 0 radical (unpaired) electrons. The van der Waals surface area contributed by atoms with Crippen LogP contribution in [0.4, 0.5) is 4.79 Å². The van der Waals surface area contributed by atoms with Crippen LogP contribution >= 0.6 is 0 Å².